The first-order valence-corrected chi connectivity index (χ1v) is 17.9. The predicted molar refractivity (Wildman–Crippen MR) is 188 cm³/mol. The molecular weight excluding hydrogens is 687 g/mol. The molecule has 3 heterocycles. The number of sulfone groups is 1. The number of amides is 5. The Morgan fingerprint density at radius 3 is 2.00 bits per heavy atom. The molecule has 1 fully saturated rings. The number of imide groups is 1. The van der Waals surface area contributed by atoms with Crippen LogP contribution in [0.15, 0.2) is 41.5 Å². The number of amidine groups is 1. The molecule has 1 spiro atoms. The monoisotopic (exact) mass is 734 g/mol. The number of nitrogens with zero attached hydrogens (tertiary/aromatic N) is 4. The number of hydrogen-bond donors (Lipinski definition) is 2. The van der Waals surface area contributed by atoms with Crippen molar-refractivity contribution in [2.75, 3.05) is 38.3 Å². The number of nitrogens with one attached hydrogen (secondary N) is 2. The average molecular weight is 735 g/mol. The van der Waals surface area contributed by atoms with Crippen LogP contribution in [-0.2, 0) is 24.8 Å². The summed E-state index contributed by atoms with van der Waals surface area (Å²) in [5, 5.41) is 5.03. The lowest BCUT2D eigenvalue weighted by molar-refractivity contribution is 0.0129. The van der Waals surface area contributed by atoms with Gasteiger partial charge in [0.05, 0.1) is 32.1 Å². The summed E-state index contributed by atoms with van der Waals surface area (Å²) in [6.45, 7) is 13.7. The van der Waals surface area contributed by atoms with Crippen LogP contribution in [-0.4, -0.2) is 102 Å². The largest absolute Gasteiger partial charge is 0.495 e. The number of aliphatic imine (C=N–C) groups is 1. The normalized spacial score (nSPS) is 18.9. The molecule has 17 heteroatoms. The lowest BCUT2D eigenvalue weighted by Gasteiger charge is -2.53. The number of pyridine rings is 1. The van der Waals surface area contributed by atoms with Gasteiger partial charge in [-0.25, -0.2) is 32.2 Å². The Bertz CT molecular complexity index is 1770. The molecule has 280 valence electrons. The molecule has 4 rings (SSSR count). The highest BCUT2D eigenvalue weighted by Crippen LogP contribution is 2.45. The van der Waals surface area contributed by atoms with Crippen LogP contribution < -0.4 is 15.4 Å². The predicted octanol–water partition coefficient (Wildman–Crippen LogP) is 5.12. The molecule has 2 aromatic rings. The van der Waals surface area contributed by atoms with E-state index in [4.69, 9.17) is 14.2 Å². The lowest BCUT2D eigenvalue weighted by Crippen LogP contribution is -2.77. The van der Waals surface area contributed by atoms with Gasteiger partial charge in [0, 0.05) is 18.3 Å². The van der Waals surface area contributed by atoms with Gasteiger partial charge in [0.25, 0.3) is 5.91 Å². The first-order chi connectivity index (χ1) is 23.5. The SMILES string of the molecule is CC.CNC(=O)N1CC2(C1)C(N(C(=O)OC(C)(C)C)C(=O)OC(C)(C)C)=N[C@](C)(c1cc(NC(=O)c3ccc(OC)cn3)ccc1F)CS2(=O)=O. The Morgan fingerprint density at radius 1 is 0.961 bits per heavy atom. The van der Waals surface area contributed by atoms with Gasteiger partial charge in [-0.1, -0.05) is 13.8 Å². The number of aromatic nitrogens is 1. The number of carbonyl (C=O) groups is 4. The van der Waals surface area contributed by atoms with E-state index in [2.05, 4.69) is 20.6 Å². The van der Waals surface area contributed by atoms with Crippen molar-refractivity contribution < 1.29 is 46.2 Å². The maximum absolute atomic E-state index is 15.7. The van der Waals surface area contributed by atoms with Gasteiger partial charge < -0.3 is 29.7 Å². The summed E-state index contributed by atoms with van der Waals surface area (Å²) in [7, 11) is -1.64. The molecule has 2 N–H and O–H groups in total. The number of urea groups is 1. The number of ether oxygens (including phenoxy) is 3. The van der Waals surface area contributed by atoms with Crippen molar-refractivity contribution >= 4 is 45.5 Å². The smallest absolute Gasteiger partial charge is 0.425 e. The quantitative estimate of drug-likeness (QED) is 0.427. The van der Waals surface area contributed by atoms with Gasteiger partial charge in [0.15, 0.2) is 14.6 Å². The minimum Gasteiger partial charge on any atom is -0.495 e. The van der Waals surface area contributed by atoms with Crippen LogP contribution in [0, 0.1) is 5.82 Å². The van der Waals surface area contributed by atoms with Crippen LogP contribution in [0.25, 0.3) is 0 Å². The van der Waals surface area contributed by atoms with E-state index in [9.17, 15) is 27.6 Å². The van der Waals surface area contributed by atoms with E-state index in [0.29, 0.717) is 10.6 Å². The standard InChI is InChI=1S/C32H41FN6O9S.C2H6/c1-29(2,3)47-27(42)39(28(43)48-30(4,5)6)25-32(16-38(17-32)26(41)34-8)49(44,45)18-31(7,37-25)21-14-19(10-12-22(21)33)36-24(40)23-13-11-20(46-9)15-35-23;1-2/h10-15H,16-18H2,1-9H3,(H,34,41)(H,36,40);1-2H3/t31-;/m0./s1. The summed E-state index contributed by atoms with van der Waals surface area (Å²) in [5.74, 6) is -2.47. The van der Waals surface area contributed by atoms with Crippen LogP contribution in [0.3, 0.4) is 0 Å². The summed E-state index contributed by atoms with van der Waals surface area (Å²) in [6.07, 6.45) is -1.23. The molecule has 2 aliphatic heterocycles. The van der Waals surface area contributed by atoms with Crippen molar-refractivity contribution in [3.05, 3.63) is 53.6 Å². The summed E-state index contributed by atoms with van der Waals surface area (Å²) in [4.78, 5) is 63.2. The van der Waals surface area contributed by atoms with E-state index >= 15 is 4.39 Å². The van der Waals surface area contributed by atoms with Gasteiger partial charge >= 0.3 is 18.2 Å². The molecule has 2 aliphatic rings. The fourth-order valence-corrected chi connectivity index (χ4v) is 7.68. The minimum absolute atomic E-state index is 0.0244. The van der Waals surface area contributed by atoms with Crippen molar-refractivity contribution in [1.82, 2.24) is 20.1 Å². The number of hydrogen-bond acceptors (Lipinski definition) is 11. The Labute approximate surface area is 297 Å². The number of anilines is 1. The lowest BCUT2D eigenvalue weighted by atomic mass is 9.90. The fraction of sp³-hybridized carbons (Fsp3) is 0.529. The molecule has 51 heavy (non-hydrogen) atoms. The molecule has 0 saturated carbocycles. The van der Waals surface area contributed by atoms with Gasteiger partial charge in [-0.2, -0.15) is 4.90 Å². The van der Waals surface area contributed by atoms with E-state index in [1.807, 2.05) is 13.8 Å². The minimum atomic E-state index is -4.45. The highest BCUT2D eigenvalue weighted by Gasteiger charge is 2.66. The maximum atomic E-state index is 15.7. The number of benzene rings is 1. The zero-order valence-electron chi connectivity index (χ0n) is 30.8. The van der Waals surface area contributed by atoms with E-state index < -0.39 is 85.9 Å². The molecule has 1 aromatic heterocycles. The number of carbonyl (C=O) groups excluding carboxylic acids is 4. The van der Waals surface area contributed by atoms with E-state index in [-0.39, 0.29) is 16.9 Å². The van der Waals surface area contributed by atoms with Crippen LogP contribution in [0.4, 0.5) is 24.5 Å². The molecule has 1 saturated heterocycles. The molecule has 15 nitrogen and oxygen atoms in total. The summed E-state index contributed by atoms with van der Waals surface area (Å²) >= 11 is 0. The number of halogens is 1. The second-order valence-electron chi connectivity index (χ2n) is 13.9. The Kier molecular flexibility index (Phi) is 11.8. The maximum Gasteiger partial charge on any atom is 0.425 e. The highest BCUT2D eigenvalue weighted by atomic mass is 32.2. The molecule has 0 unspecified atom stereocenters. The molecule has 0 aliphatic carbocycles. The van der Waals surface area contributed by atoms with Gasteiger partial charge in [-0.15, -0.1) is 0 Å². The van der Waals surface area contributed by atoms with Crippen LogP contribution >= 0.6 is 0 Å². The summed E-state index contributed by atoms with van der Waals surface area (Å²) in [5.41, 5.74) is -4.41. The van der Waals surface area contributed by atoms with Crippen molar-refractivity contribution in [1.29, 1.82) is 0 Å². The van der Waals surface area contributed by atoms with Crippen molar-refractivity contribution in [2.45, 2.75) is 83.8 Å². The van der Waals surface area contributed by atoms with Gasteiger partial charge in [0.2, 0.25) is 0 Å². The summed E-state index contributed by atoms with van der Waals surface area (Å²) < 4.78 is 58.5. The van der Waals surface area contributed by atoms with Crippen molar-refractivity contribution in [3.63, 3.8) is 0 Å². The second-order valence-corrected chi connectivity index (χ2v) is 16.2. The molecule has 0 radical (unpaired) electrons. The topological polar surface area (TPSA) is 186 Å². The number of rotatable bonds is 4. The zero-order chi connectivity index (χ0) is 38.7. The first kappa shape index (κ1) is 40.6. The van der Waals surface area contributed by atoms with Crippen molar-refractivity contribution in [2.24, 2.45) is 4.99 Å². The molecule has 1 aromatic carbocycles. The van der Waals surface area contributed by atoms with Crippen LogP contribution in [0.5, 0.6) is 5.75 Å². The van der Waals surface area contributed by atoms with Gasteiger partial charge in [0.1, 0.15) is 39.8 Å². The third kappa shape index (κ3) is 8.75. The Balaban J connectivity index is 0.00000345. The van der Waals surface area contributed by atoms with E-state index in [1.54, 1.807) is 41.5 Å². The van der Waals surface area contributed by atoms with Gasteiger partial charge in [-0.3, -0.25) is 9.79 Å². The van der Waals surface area contributed by atoms with Crippen molar-refractivity contribution in [3.8, 4) is 5.75 Å². The Morgan fingerprint density at radius 2 is 1.53 bits per heavy atom. The number of likely N-dealkylation sites (tertiary alicyclic amines) is 1. The third-order valence-corrected chi connectivity index (χ3v) is 10.2. The van der Waals surface area contributed by atoms with Crippen LogP contribution in [0.2, 0.25) is 0 Å². The number of methoxy groups -OCH3 is 1. The van der Waals surface area contributed by atoms with Gasteiger partial charge in [-0.05, 0) is 78.8 Å². The molecule has 1 atom stereocenters. The average Bonchev–Trinajstić information content (AvgIpc) is 2.99. The molecule has 5 amide bonds. The highest BCUT2D eigenvalue weighted by molar-refractivity contribution is 7.93. The van der Waals surface area contributed by atoms with E-state index in [1.165, 1.54) is 56.4 Å². The van der Waals surface area contributed by atoms with E-state index in [0.717, 1.165) is 6.07 Å². The fourth-order valence-electron chi connectivity index (χ4n) is 5.33. The first-order valence-electron chi connectivity index (χ1n) is 16.2. The third-order valence-electron chi connectivity index (χ3n) is 7.59. The summed E-state index contributed by atoms with van der Waals surface area (Å²) in [6, 6.07) is 5.87. The molecular formula is C34H47FN6O9S. The Hall–Kier alpha value is -4.80. The second kappa shape index (κ2) is 14.8. The molecule has 0 bridgehead atoms. The van der Waals surface area contributed by atoms with Crippen LogP contribution in [0.1, 0.15) is 78.4 Å². The zero-order valence-corrected chi connectivity index (χ0v) is 31.7.